The Kier molecular flexibility index (Phi) is 8.12. The Labute approximate surface area is 200 Å². The second-order valence-corrected chi connectivity index (χ2v) is 7.03. The quantitative estimate of drug-likeness (QED) is 0.176. The van der Waals surface area contributed by atoms with E-state index in [4.69, 9.17) is 14.2 Å². The van der Waals surface area contributed by atoms with Crippen LogP contribution in [0.5, 0.6) is 17.2 Å². The minimum atomic E-state index is -1.08. The Bertz CT molecular complexity index is 1290. The summed E-state index contributed by atoms with van der Waals surface area (Å²) in [5, 5.41) is 6.06. The lowest BCUT2D eigenvalue weighted by molar-refractivity contribution is -0.136. The van der Waals surface area contributed by atoms with Gasteiger partial charge >= 0.3 is 17.8 Å². The van der Waals surface area contributed by atoms with Crippen molar-refractivity contribution in [3.05, 3.63) is 83.7 Å². The highest BCUT2D eigenvalue weighted by molar-refractivity contribution is 6.39. The number of benzene rings is 3. The molecule has 2 N–H and O–H groups in total. The highest BCUT2D eigenvalue weighted by Crippen LogP contribution is 2.30. The highest BCUT2D eigenvalue weighted by Gasteiger charge is 2.18. The van der Waals surface area contributed by atoms with Crippen LogP contribution in [0.3, 0.4) is 0 Å². The average Bonchev–Trinajstić information content (AvgIpc) is 2.88. The number of carbonyl (C=O) groups excluding carboxylic acids is 3. The molecule has 9 nitrogen and oxygen atoms in total. The molecule has 180 valence electrons. The van der Waals surface area contributed by atoms with E-state index in [1.54, 1.807) is 43.3 Å². The first kappa shape index (κ1) is 24.9. The number of amides is 2. The van der Waals surface area contributed by atoms with Crippen molar-refractivity contribution < 1.29 is 33.0 Å². The summed E-state index contributed by atoms with van der Waals surface area (Å²) in [6.07, 6.45) is 0. The van der Waals surface area contributed by atoms with E-state index >= 15 is 0 Å². The second-order valence-electron chi connectivity index (χ2n) is 7.03. The number of esters is 1. The van der Waals surface area contributed by atoms with Gasteiger partial charge < -0.3 is 19.5 Å². The van der Waals surface area contributed by atoms with Crippen LogP contribution in [0.15, 0.2) is 71.8 Å². The Morgan fingerprint density at radius 3 is 2.23 bits per heavy atom. The van der Waals surface area contributed by atoms with Crippen molar-refractivity contribution in [2.24, 2.45) is 5.10 Å². The van der Waals surface area contributed by atoms with Gasteiger partial charge in [0.25, 0.3) is 0 Å². The van der Waals surface area contributed by atoms with Crippen molar-refractivity contribution in [2.45, 2.75) is 6.92 Å². The summed E-state index contributed by atoms with van der Waals surface area (Å²) < 4.78 is 29.6. The number of anilines is 1. The Balaban J connectivity index is 1.69. The number of hydrogen-bond donors (Lipinski definition) is 2. The molecule has 0 saturated heterocycles. The van der Waals surface area contributed by atoms with Gasteiger partial charge in [-0.2, -0.15) is 5.10 Å². The number of ether oxygens (including phenoxy) is 3. The van der Waals surface area contributed by atoms with Crippen molar-refractivity contribution in [3.63, 3.8) is 0 Å². The molecule has 0 saturated carbocycles. The minimum absolute atomic E-state index is 0.128. The smallest absolute Gasteiger partial charge is 0.347 e. The van der Waals surface area contributed by atoms with Crippen LogP contribution in [0.1, 0.15) is 22.8 Å². The molecule has 0 spiro atoms. The molecule has 35 heavy (non-hydrogen) atoms. The van der Waals surface area contributed by atoms with E-state index in [1.165, 1.54) is 38.5 Å². The zero-order chi connectivity index (χ0) is 25.4. The summed E-state index contributed by atoms with van der Waals surface area (Å²) in [5.41, 5.74) is 3.08. The molecule has 0 aliphatic rings. The first-order valence-electron chi connectivity index (χ1n) is 10.3. The number of hydrogen-bond acceptors (Lipinski definition) is 7. The molecule has 0 aliphatic heterocycles. The molecule has 3 rings (SSSR count). The van der Waals surface area contributed by atoms with Crippen molar-refractivity contribution in [2.75, 3.05) is 19.5 Å². The van der Waals surface area contributed by atoms with Gasteiger partial charge in [-0.15, -0.1) is 0 Å². The first-order valence-corrected chi connectivity index (χ1v) is 10.3. The third-order valence-corrected chi connectivity index (χ3v) is 4.76. The third kappa shape index (κ3) is 6.20. The fourth-order valence-corrected chi connectivity index (χ4v) is 2.94. The van der Waals surface area contributed by atoms with E-state index in [9.17, 15) is 18.8 Å². The zero-order valence-corrected chi connectivity index (χ0v) is 19.1. The van der Waals surface area contributed by atoms with Crippen LogP contribution >= 0.6 is 0 Å². The number of rotatable bonds is 7. The van der Waals surface area contributed by atoms with Crippen LogP contribution in [0, 0.1) is 5.82 Å². The van der Waals surface area contributed by atoms with E-state index in [-0.39, 0.29) is 22.7 Å². The predicted octanol–water partition coefficient (Wildman–Crippen LogP) is 3.54. The molecule has 0 fully saturated rings. The average molecular weight is 479 g/mol. The molecule has 0 unspecified atom stereocenters. The highest BCUT2D eigenvalue weighted by atomic mass is 19.1. The molecular formula is C25H22FN3O6. The number of nitrogens with zero attached hydrogens (tertiary/aromatic N) is 1. The van der Waals surface area contributed by atoms with Crippen molar-refractivity contribution in [1.29, 1.82) is 0 Å². The Morgan fingerprint density at radius 2 is 1.51 bits per heavy atom. The first-order chi connectivity index (χ1) is 16.8. The maximum atomic E-state index is 13.6. The molecule has 3 aromatic carbocycles. The summed E-state index contributed by atoms with van der Waals surface area (Å²) in [7, 11) is 2.85. The van der Waals surface area contributed by atoms with Crippen molar-refractivity contribution >= 4 is 29.2 Å². The summed E-state index contributed by atoms with van der Waals surface area (Å²) in [6.45, 7) is 1.59. The van der Waals surface area contributed by atoms with Crippen LogP contribution in [0.25, 0.3) is 0 Å². The number of methoxy groups -OCH3 is 2. The summed E-state index contributed by atoms with van der Waals surface area (Å²) in [5.74, 6) is -2.70. The minimum Gasteiger partial charge on any atom is -0.496 e. The molecule has 10 heteroatoms. The number of hydrazone groups is 1. The Hall–Kier alpha value is -4.73. The molecule has 0 radical (unpaired) electrons. The lowest BCUT2D eigenvalue weighted by Crippen LogP contribution is -2.33. The fourth-order valence-electron chi connectivity index (χ4n) is 2.94. The Morgan fingerprint density at radius 1 is 0.829 bits per heavy atom. The fraction of sp³-hybridized carbons (Fsp3) is 0.120. The van der Waals surface area contributed by atoms with Gasteiger partial charge in [-0.25, -0.2) is 14.6 Å². The molecule has 0 bridgehead atoms. The predicted molar refractivity (Wildman–Crippen MR) is 126 cm³/mol. The van der Waals surface area contributed by atoms with Gasteiger partial charge in [0.2, 0.25) is 0 Å². The van der Waals surface area contributed by atoms with Gasteiger partial charge in [-0.05, 0) is 49.4 Å². The monoisotopic (exact) mass is 479 g/mol. The maximum Gasteiger partial charge on any atom is 0.347 e. The van der Waals surface area contributed by atoms with Crippen LogP contribution in [-0.2, 0) is 9.59 Å². The van der Waals surface area contributed by atoms with Gasteiger partial charge in [0, 0.05) is 5.56 Å². The molecule has 0 aromatic heterocycles. The summed E-state index contributed by atoms with van der Waals surface area (Å²) in [6, 6.07) is 16.7. The molecule has 3 aromatic rings. The normalized spacial score (nSPS) is 10.8. The number of carbonyl (C=O) groups is 3. The van der Waals surface area contributed by atoms with E-state index in [2.05, 4.69) is 15.8 Å². The van der Waals surface area contributed by atoms with Gasteiger partial charge in [0.05, 0.1) is 25.6 Å². The lowest BCUT2D eigenvalue weighted by Gasteiger charge is -2.12. The van der Waals surface area contributed by atoms with Crippen molar-refractivity contribution in [3.8, 4) is 17.2 Å². The van der Waals surface area contributed by atoms with E-state index in [1.807, 2.05) is 0 Å². The van der Waals surface area contributed by atoms with Crippen LogP contribution < -0.4 is 25.0 Å². The van der Waals surface area contributed by atoms with Gasteiger partial charge in [-0.1, -0.05) is 24.3 Å². The molecule has 0 atom stereocenters. The standard InChI is InChI=1S/C25H22FN3O6/c1-15(28-29-24(31)23(30)27-19-10-6-5-9-18(19)26)16-12-13-21(22(14-16)34-3)35-25(32)17-8-4-7-11-20(17)33-2/h4-14H,1-3H3,(H,27,30)(H,29,31)/b28-15+. The number of nitrogens with one attached hydrogen (secondary N) is 2. The van der Waals surface area contributed by atoms with E-state index in [0.29, 0.717) is 17.0 Å². The molecule has 2 amide bonds. The van der Waals surface area contributed by atoms with E-state index < -0.39 is 23.6 Å². The zero-order valence-electron chi connectivity index (χ0n) is 19.1. The molecular weight excluding hydrogens is 457 g/mol. The van der Waals surface area contributed by atoms with Gasteiger partial charge in [-0.3, -0.25) is 9.59 Å². The summed E-state index contributed by atoms with van der Waals surface area (Å²) >= 11 is 0. The molecule has 0 aliphatic carbocycles. The van der Waals surface area contributed by atoms with Crippen molar-refractivity contribution in [1.82, 2.24) is 5.43 Å². The van der Waals surface area contributed by atoms with E-state index in [0.717, 1.165) is 6.07 Å². The van der Waals surface area contributed by atoms with Crippen LogP contribution in [0.4, 0.5) is 10.1 Å². The topological polar surface area (TPSA) is 115 Å². The van der Waals surface area contributed by atoms with Gasteiger partial charge in [0.15, 0.2) is 11.5 Å². The largest absolute Gasteiger partial charge is 0.496 e. The lowest BCUT2D eigenvalue weighted by atomic mass is 10.1. The van der Waals surface area contributed by atoms with Crippen LogP contribution in [-0.4, -0.2) is 37.7 Å². The number of halogens is 1. The van der Waals surface area contributed by atoms with Crippen LogP contribution in [0.2, 0.25) is 0 Å². The number of para-hydroxylation sites is 2. The maximum absolute atomic E-state index is 13.6. The SMILES string of the molecule is COc1cc(/C(C)=N/NC(=O)C(=O)Nc2ccccc2F)ccc1OC(=O)c1ccccc1OC. The van der Waals surface area contributed by atoms with Gasteiger partial charge in [0.1, 0.15) is 17.1 Å². The molecule has 0 heterocycles. The summed E-state index contributed by atoms with van der Waals surface area (Å²) in [4.78, 5) is 36.6. The second kappa shape index (κ2) is 11.4. The third-order valence-electron chi connectivity index (χ3n) is 4.76.